The molecule has 2 aromatic carbocycles. The molecule has 0 aliphatic heterocycles. The number of methoxy groups -OCH3 is 1. The quantitative estimate of drug-likeness (QED) is 0.651. The molecule has 5 heteroatoms. The number of carbonyl (C=O) groups is 1. The Labute approximate surface area is 159 Å². The van der Waals surface area contributed by atoms with Crippen LogP contribution >= 0.6 is 0 Å². The van der Waals surface area contributed by atoms with Gasteiger partial charge in [0.05, 0.1) is 19.2 Å². The number of carbonyl (C=O) groups excluding carboxylic acids is 1. The van der Waals surface area contributed by atoms with Crippen molar-refractivity contribution >= 4 is 11.6 Å². The summed E-state index contributed by atoms with van der Waals surface area (Å²) in [6.07, 6.45) is 1.76. The maximum Gasteiger partial charge on any atom is 0.231 e. The van der Waals surface area contributed by atoms with Gasteiger partial charge in [0.25, 0.3) is 0 Å². The van der Waals surface area contributed by atoms with Crippen molar-refractivity contribution in [1.29, 1.82) is 0 Å². The molecule has 0 fully saturated rings. The third-order valence-electron chi connectivity index (χ3n) is 4.50. The van der Waals surface area contributed by atoms with Crippen molar-refractivity contribution in [1.82, 2.24) is 4.98 Å². The van der Waals surface area contributed by atoms with Crippen LogP contribution in [0.2, 0.25) is 0 Å². The highest BCUT2D eigenvalue weighted by Crippen LogP contribution is 2.25. The Morgan fingerprint density at radius 1 is 1.04 bits per heavy atom. The molecule has 1 unspecified atom stereocenters. The normalized spacial score (nSPS) is 12.0. The molecular weight excluding hydrogens is 340 g/mol. The Morgan fingerprint density at radius 3 is 2.26 bits per heavy atom. The van der Waals surface area contributed by atoms with Gasteiger partial charge in [0.15, 0.2) is 0 Å². The van der Waals surface area contributed by atoms with Crippen LogP contribution in [0.1, 0.15) is 43.9 Å². The number of hydrogen-bond acceptors (Lipinski definition) is 4. The molecule has 1 aromatic heterocycles. The van der Waals surface area contributed by atoms with Crippen LogP contribution in [0.4, 0.5) is 5.69 Å². The number of anilines is 1. The van der Waals surface area contributed by atoms with E-state index < -0.39 is 0 Å². The summed E-state index contributed by atoms with van der Waals surface area (Å²) in [6, 6.07) is 15.0. The van der Waals surface area contributed by atoms with Crippen LogP contribution in [0.25, 0.3) is 11.5 Å². The molecule has 5 nitrogen and oxygen atoms in total. The van der Waals surface area contributed by atoms with E-state index in [2.05, 4.69) is 24.1 Å². The molecule has 0 aliphatic rings. The summed E-state index contributed by atoms with van der Waals surface area (Å²) in [4.78, 5) is 16.8. The zero-order valence-corrected chi connectivity index (χ0v) is 16.0. The number of hydrogen-bond donors (Lipinski definition) is 1. The number of oxazole rings is 1. The van der Waals surface area contributed by atoms with Crippen LogP contribution in [0.15, 0.2) is 59.1 Å². The van der Waals surface area contributed by atoms with Gasteiger partial charge in [-0.25, -0.2) is 4.98 Å². The van der Waals surface area contributed by atoms with E-state index in [-0.39, 0.29) is 11.8 Å². The summed E-state index contributed by atoms with van der Waals surface area (Å²) >= 11 is 0. The van der Waals surface area contributed by atoms with Gasteiger partial charge in [-0.1, -0.05) is 26.0 Å². The van der Waals surface area contributed by atoms with Crippen molar-refractivity contribution < 1.29 is 13.9 Å². The minimum Gasteiger partial charge on any atom is -0.497 e. The van der Waals surface area contributed by atoms with Gasteiger partial charge in [0, 0.05) is 17.2 Å². The monoisotopic (exact) mass is 364 g/mol. The zero-order valence-electron chi connectivity index (χ0n) is 16.0. The molecule has 1 N–H and O–H groups in total. The van der Waals surface area contributed by atoms with Crippen molar-refractivity contribution in [2.75, 3.05) is 12.4 Å². The van der Waals surface area contributed by atoms with Crippen molar-refractivity contribution in [2.24, 2.45) is 0 Å². The summed E-state index contributed by atoms with van der Waals surface area (Å²) in [7, 11) is 1.62. The lowest BCUT2D eigenvalue weighted by Crippen LogP contribution is -2.18. The lowest BCUT2D eigenvalue weighted by molar-refractivity contribution is -0.117. The van der Waals surface area contributed by atoms with Crippen molar-refractivity contribution in [3.05, 3.63) is 66.1 Å². The Bertz CT molecular complexity index is 896. The lowest BCUT2D eigenvalue weighted by Gasteiger charge is -2.13. The van der Waals surface area contributed by atoms with Crippen LogP contribution in [0, 0.1) is 0 Å². The number of rotatable bonds is 6. The van der Waals surface area contributed by atoms with Crippen LogP contribution in [-0.4, -0.2) is 18.0 Å². The number of aromatic nitrogens is 1. The summed E-state index contributed by atoms with van der Waals surface area (Å²) in [5, 5.41) is 2.95. The predicted molar refractivity (Wildman–Crippen MR) is 106 cm³/mol. The standard InChI is InChI=1S/C22H24N2O3/c1-14(2)20-13-23-22(27-20)17-5-9-18(10-6-17)24-21(25)15(3)16-7-11-19(26-4)12-8-16/h5-15H,1-4H3,(H,24,25). The fourth-order valence-corrected chi connectivity index (χ4v) is 2.68. The van der Waals surface area contributed by atoms with Crippen molar-refractivity contribution in [3.8, 4) is 17.2 Å². The molecular formula is C22H24N2O3. The van der Waals surface area contributed by atoms with E-state index in [1.807, 2.05) is 55.5 Å². The molecule has 0 aliphatic carbocycles. The molecule has 140 valence electrons. The van der Waals surface area contributed by atoms with E-state index in [0.29, 0.717) is 11.8 Å². The van der Waals surface area contributed by atoms with Crippen LogP contribution < -0.4 is 10.1 Å². The fraction of sp³-hybridized carbons (Fsp3) is 0.273. The molecule has 3 aromatic rings. The highest BCUT2D eigenvalue weighted by Gasteiger charge is 2.16. The molecule has 1 heterocycles. The van der Waals surface area contributed by atoms with Crippen molar-refractivity contribution in [3.63, 3.8) is 0 Å². The maximum atomic E-state index is 12.5. The highest BCUT2D eigenvalue weighted by atomic mass is 16.5. The van der Waals surface area contributed by atoms with E-state index in [1.165, 1.54) is 0 Å². The first-order valence-electron chi connectivity index (χ1n) is 8.99. The second-order valence-electron chi connectivity index (χ2n) is 6.78. The summed E-state index contributed by atoms with van der Waals surface area (Å²) < 4.78 is 10.9. The van der Waals surface area contributed by atoms with Gasteiger partial charge in [-0.05, 0) is 48.9 Å². The van der Waals surface area contributed by atoms with E-state index in [4.69, 9.17) is 9.15 Å². The first-order chi connectivity index (χ1) is 13.0. The van der Waals surface area contributed by atoms with Crippen LogP contribution in [-0.2, 0) is 4.79 Å². The van der Waals surface area contributed by atoms with Gasteiger partial charge in [-0.15, -0.1) is 0 Å². The minimum atomic E-state index is -0.268. The second-order valence-corrected chi connectivity index (χ2v) is 6.78. The Balaban J connectivity index is 1.66. The van der Waals surface area contributed by atoms with Gasteiger partial charge in [0.1, 0.15) is 11.5 Å². The topological polar surface area (TPSA) is 64.4 Å². The zero-order chi connectivity index (χ0) is 19.4. The van der Waals surface area contributed by atoms with Crippen LogP contribution in [0.5, 0.6) is 5.75 Å². The van der Waals surface area contributed by atoms with E-state index in [1.54, 1.807) is 13.3 Å². The van der Waals surface area contributed by atoms with Crippen LogP contribution in [0.3, 0.4) is 0 Å². The van der Waals surface area contributed by atoms with E-state index in [0.717, 1.165) is 28.3 Å². The molecule has 1 atom stereocenters. The van der Waals surface area contributed by atoms with Gasteiger partial charge < -0.3 is 14.5 Å². The smallest absolute Gasteiger partial charge is 0.231 e. The Morgan fingerprint density at radius 2 is 1.70 bits per heavy atom. The number of amides is 1. The first kappa shape index (κ1) is 18.7. The summed E-state index contributed by atoms with van der Waals surface area (Å²) in [5.74, 6) is 2.18. The highest BCUT2D eigenvalue weighted by molar-refractivity contribution is 5.95. The van der Waals surface area contributed by atoms with E-state index >= 15 is 0 Å². The summed E-state index contributed by atoms with van der Waals surface area (Å²) in [6.45, 7) is 6.01. The lowest BCUT2D eigenvalue weighted by atomic mass is 10.00. The molecule has 0 saturated carbocycles. The second kappa shape index (κ2) is 8.08. The molecule has 0 radical (unpaired) electrons. The molecule has 0 spiro atoms. The number of ether oxygens (including phenoxy) is 1. The van der Waals surface area contributed by atoms with Gasteiger partial charge in [-0.3, -0.25) is 4.79 Å². The molecule has 27 heavy (non-hydrogen) atoms. The third-order valence-corrected chi connectivity index (χ3v) is 4.50. The maximum absolute atomic E-state index is 12.5. The first-order valence-corrected chi connectivity index (χ1v) is 8.99. The molecule has 0 bridgehead atoms. The largest absolute Gasteiger partial charge is 0.497 e. The molecule has 3 rings (SSSR count). The Hall–Kier alpha value is -3.08. The number of nitrogens with zero attached hydrogens (tertiary/aromatic N) is 1. The molecule has 1 amide bonds. The predicted octanol–water partition coefficient (Wildman–Crippen LogP) is 5.22. The average Bonchev–Trinajstić information content (AvgIpc) is 3.18. The van der Waals surface area contributed by atoms with Crippen molar-refractivity contribution in [2.45, 2.75) is 32.6 Å². The summed E-state index contributed by atoms with van der Waals surface area (Å²) in [5.41, 5.74) is 2.55. The SMILES string of the molecule is COc1ccc(C(C)C(=O)Nc2ccc(-c3ncc(C(C)C)o3)cc2)cc1. The average molecular weight is 364 g/mol. The fourth-order valence-electron chi connectivity index (χ4n) is 2.68. The Kier molecular flexibility index (Phi) is 5.60. The van der Waals surface area contributed by atoms with Gasteiger partial charge >= 0.3 is 0 Å². The molecule has 0 saturated heterocycles. The van der Waals surface area contributed by atoms with E-state index in [9.17, 15) is 4.79 Å². The van der Waals surface area contributed by atoms with Gasteiger partial charge in [0.2, 0.25) is 11.8 Å². The third kappa shape index (κ3) is 4.37. The minimum absolute atomic E-state index is 0.0638. The number of nitrogens with one attached hydrogen (secondary N) is 1. The number of benzene rings is 2. The van der Waals surface area contributed by atoms with Gasteiger partial charge in [-0.2, -0.15) is 0 Å².